The summed E-state index contributed by atoms with van der Waals surface area (Å²) in [5, 5.41) is 0. The van der Waals surface area contributed by atoms with Crippen LogP contribution in [0.1, 0.15) is 103 Å². The normalized spacial score (nSPS) is 18.1. The Hall–Kier alpha value is -1.16. The van der Waals surface area contributed by atoms with Crippen molar-refractivity contribution in [3.63, 3.8) is 0 Å². The van der Waals surface area contributed by atoms with Crippen molar-refractivity contribution in [3.8, 4) is 0 Å². The Balaban J connectivity index is 0.000000244. The molecule has 0 aliphatic carbocycles. The first-order chi connectivity index (χ1) is 18.2. The van der Waals surface area contributed by atoms with E-state index in [4.69, 9.17) is 0 Å². The molecule has 2 aliphatic rings. The van der Waals surface area contributed by atoms with Crippen LogP contribution in [0, 0.1) is 0 Å². The highest BCUT2D eigenvalue weighted by atomic mass is 79.9. The Bertz CT molecular complexity index is 796. The highest BCUT2D eigenvalue weighted by Crippen LogP contribution is 2.23. The Kier molecular flexibility index (Phi) is 17.2. The average molecular weight is 572 g/mol. The smallest absolute Gasteiger partial charge is 0.0207 e. The third-order valence-electron chi connectivity index (χ3n) is 7.79. The van der Waals surface area contributed by atoms with Gasteiger partial charge in [0, 0.05) is 16.6 Å². The van der Waals surface area contributed by atoms with Crippen molar-refractivity contribution < 1.29 is 0 Å². The van der Waals surface area contributed by atoms with Crippen LogP contribution in [0.4, 0.5) is 0 Å². The van der Waals surface area contributed by atoms with Crippen molar-refractivity contribution in [2.75, 3.05) is 26.2 Å². The fraction of sp³-hybridized carbons (Fsp3) is 0.647. The van der Waals surface area contributed by atoms with E-state index in [0.29, 0.717) is 0 Å². The summed E-state index contributed by atoms with van der Waals surface area (Å²) in [6.45, 7) is 13.8. The Morgan fingerprint density at radius 2 is 1.08 bits per heavy atom. The van der Waals surface area contributed by atoms with E-state index in [0.717, 1.165) is 12.1 Å². The van der Waals surface area contributed by atoms with Gasteiger partial charge in [0.15, 0.2) is 0 Å². The molecule has 0 aromatic heterocycles. The maximum Gasteiger partial charge on any atom is 0.0207 e. The lowest BCUT2D eigenvalue weighted by molar-refractivity contribution is 0.153. The van der Waals surface area contributed by atoms with Crippen molar-refractivity contribution in [1.29, 1.82) is 0 Å². The minimum Gasteiger partial charge on any atom is -0.300 e. The summed E-state index contributed by atoms with van der Waals surface area (Å²) >= 11 is 3.68. The number of nitrogens with zero attached hydrogens (tertiary/aromatic N) is 2. The first kappa shape index (κ1) is 32.1. The lowest BCUT2D eigenvalue weighted by Gasteiger charge is -2.35. The highest BCUT2D eigenvalue weighted by molar-refractivity contribution is 9.10. The molecular formula is C34H55BrN2. The van der Waals surface area contributed by atoms with Gasteiger partial charge in [0.25, 0.3) is 0 Å². The minimum absolute atomic E-state index is 0.731. The molecule has 4 rings (SSSR count). The molecule has 2 unspecified atom stereocenters. The second kappa shape index (κ2) is 19.8. The molecule has 37 heavy (non-hydrogen) atoms. The SMILES string of the molecule is CC.CCCC(Cc1ccccc1)N1CCCCC1.CCCC(Cc1ccccc1Br)N1CCCCC1. The number of benzene rings is 2. The van der Waals surface area contributed by atoms with Crippen LogP contribution in [-0.2, 0) is 12.8 Å². The van der Waals surface area contributed by atoms with Crippen molar-refractivity contribution in [2.45, 2.75) is 117 Å². The van der Waals surface area contributed by atoms with Crippen LogP contribution in [0.3, 0.4) is 0 Å². The van der Waals surface area contributed by atoms with Gasteiger partial charge in [0.2, 0.25) is 0 Å². The molecule has 0 saturated carbocycles. The van der Waals surface area contributed by atoms with E-state index >= 15 is 0 Å². The maximum atomic E-state index is 3.68. The zero-order valence-electron chi connectivity index (χ0n) is 24.4. The van der Waals surface area contributed by atoms with Gasteiger partial charge >= 0.3 is 0 Å². The largest absolute Gasteiger partial charge is 0.300 e. The molecule has 0 radical (unpaired) electrons. The van der Waals surface area contributed by atoms with Gasteiger partial charge in [-0.05, 0) is 94.7 Å². The van der Waals surface area contributed by atoms with E-state index in [9.17, 15) is 0 Å². The van der Waals surface area contributed by atoms with Gasteiger partial charge in [-0.1, -0.05) is 118 Å². The summed E-state index contributed by atoms with van der Waals surface area (Å²) in [7, 11) is 0. The third kappa shape index (κ3) is 12.1. The molecule has 2 saturated heterocycles. The lowest BCUT2D eigenvalue weighted by atomic mass is 9.98. The summed E-state index contributed by atoms with van der Waals surface area (Å²) in [5.74, 6) is 0. The summed E-state index contributed by atoms with van der Waals surface area (Å²) in [6, 6.07) is 21.1. The van der Waals surface area contributed by atoms with Crippen molar-refractivity contribution in [3.05, 3.63) is 70.2 Å². The number of hydrogen-bond acceptors (Lipinski definition) is 2. The number of piperidine rings is 2. The third-order valence-corrected chi connectivity index (χ3v) is 8.56. The number of rotatable bonds is 10. The number of halogens is 1. The van der Waals surface area contributed by atoms with Gasteiger partial charge in [-0.3, -0.25) is 0 Å². The van der Waals surface area contributed by atoms with E-state index < -0.39 is 0 Å². The van der Waals surface area contributed by atoms with Gasteiger partial charge in [-0.25, -0.2) is 0 Å². The molecule has 2 heterocycles. The Morgan fingerprint density at radius 1 is 0.622 bits per heavy atom. The highest BCUT2D eigenvalue weighted by Gasteiger charge is 2.21. The fourth-order valence-electron chi connectivity index (χ4n) is 5.86. The zero-order valence-corrected chi connectivity index (χ0v) is 26.0. The number of hydrogen-bond donors (Lipinski definition) is 0. The molecule has 2 fully saturated rings. The minimum atomic E-state index is 0.731. The molecule has 2 atom stereocenters. The molecule has 0 amide bonds. The molecule has 2 aliphatic heterocycles. The number of likely N-dealkylation sites (tertiary alicyclic amines) is 2. The molecule has 208 valence electrons. The maximum absolute atomic E-state index is 3.68. The van der Waals surface area contributed by atoms with Crippen LogP contribution >= 0.6 is 15.9 Å². The molecule has 2 aromatic carbocycles. The van der Waals surface area contributed by atoms with E-state index in [2.05, 4.69) is 94.2 Å². The molecule has 0 spiro atoms. The molecule has 0 N–H and O–H groups in total. The van der Waals surface area contributed by atoms with Gasteiger partial charge in [-0.15, -0.1) is 0 Å². The summed E-state index contributed by atoms with van der Waals surface area (Å²) < 4.78 is 1.27. The Morgan fingerprint density at radius 3 is 1.57 bits per heavy atom. The summed E-state index contributed by atoms with van der Waals surface area (Å²) in [5.41, 5.74) is 2.96. The second-order valence-corrected chi connectivity index (χ2v) is 11.4. The van der Waals surface area contributed by atoms with Crippen LogP contribution in [0.15, 0.2) is 59.1 Å². The van der Waals surface area contributed by atoms with Crippen LogP contribution < -0.4 is 0 Å². The van der Waals surface area contributed by atoms with E-state index in [1.54, 1.807) is 0 Å². The van der Waals surface area contributed by atoms with E-state index in [1.807, 2.05) is 13.8 Å². The molecule has 0 bridgehead atoms. The first-order valence-corrected chi connectivity index (χ1v) is 16.3. The Labute approximate surface area is 238 Å². The average Bonchev–Trinajstić information content (AvgIpc) is 2.97. The van der Waals surface area contributed by atoms with E-state index in [-0.39, 0.29) is 0 Å². The van der Waals surface area contributed by atoms with Gasteiger partial charge < -0.3 is 9.80 Å². The van der Waals surface area contributed by atoms with Gasteiger partial charge in [0.1, 0.15) is 0 Å². The van der Waals surface area contributed by atoms with Crippen LogP contribution in [0.5, 0.6) is 0 Å². The van der Waals surface area contributed by atoms with Gasteiger partial charge in [0.05, 0.1) is 0 Å². The standard InChI is InChI=1S/C16H24BrN.C16H25N.C2H6/c1-2-8-15(18-11-6-3-7-12-18)13-14-9-4-5-10-16(14)17;1-2-9-16(17-12-7-4-8-13-17)14-15-10-5-3-6-11-15;1-2/h4-5,9-10,15H,2-3,6-8,11-13H2,1H3;3,5-6,10-11,16H,2,4,7-9,12-14H2,1H3;1-2H3. The zero-order chi connectivity index (χ0) is 26.7. The van der Waals surface area contributed by atoms with Crippen molar-refractivity contribution >= 4 is 15.9 Å². The van der Waals surface area contributed by atoms with Crippen LogP contribution in [-0.4, -0.2) is 48.1 Å². The summed E-state index contributed by atoms with van der Waals surface area (Å²) in [6.07, 6.45) is 16.1. The second-order valence-electron chi connectivity index (χ2n) is 10.6. The first-order valence-electron chi connectivity index (χ1n) is 15.5. The predicted octanol–water partition coefficient (Wildman–Crippen LogP) is 9.56. The van der Waals surface area contributed by atoms with Gasteiger partial charge in [-0.2, -0.15) is 0 Å². The molecule has 3 heteroatoms. The fourth-order valence-corrected chi connectivity index (χ4v) is 6.31. The van der Waals surface area contributed by atoms with E-state index in [1.165, 1.54) is 119 Å². The molecular weight excluding hydrogens is 516 g/mol. The van der Waals surface area contributed by atoms with Crippen LogP contribution in [0.2, 0.25) is 0 Å². The molecule has 2 aromatic rings. The van der Waals surface area contributed by atoms with Crippen molar-refractivity contribution in [1.82, 2.24) is 9.80 Å². The predicted molar refractivity (Wildman–Crippen MR) is 168 cm³/mol. The van der Waals surface area contributed by atoms with Crippen molar-refractivity contribution in [2.24, 2.45) is 0 Å². The topological polar surface area (TPSA) is 6.48 Å². The summed E-state index contributed by atoms with van der Waals surface area (Å²) in [4.78, 5) is 5.44. The van der Waals surface area contributed by atoms with Crippen LogP contribution in [0.25, 0.3) is 0 Å². The monoisotopic (exact) mass is 570 g/mol. The lowest BCUT2D eigenvalue weighted by Crippen LogP contribution is -2.40. The molecule has 2 nitrogen and oxygen atoms in total. The quantitative estimate of drug-likeness (QED) is 0.280.